The molecule has 0 radical (unpaired) electrons. The van der Waals surface area contributed by atoms with E-state index in [1.807, 2.05) is 0 Å². The first-order valence-electron chi connectivity index (χ1n) is 5.64. The Morgan fingerprint density at radius 1 is 1.21 bits per heavy atom. The van der Waals surface area contributed by atoms with Gasteiger partial charge in [-0.25, -0.2) is 4.39 Å². The van der Waals surface area contributed by atoms with E-state index in [4.69, 9.17) is 17.3 Å². The lowest BCUT2D eigenvalue weighted by atomic mass is 10.1. The van der Waals surface area contributed by atoms with E-state index in [1.54, 1.807) is 24.3 Å². The van der Waals surface area contributed by atoms with Gasteiger partial charge < -0.3 is 11.1 Å². The van der Waals surface area contributed by atoms with E-state index >= 15 is 0 Å². The second-order valence-electron chi connectivity index (χ2n) is 4.01. The van der Waals surface area contributed by atoms with Gasteiger partial charge in [-0.3, -0.25) is 4.79 Å². The first kappa shape index (κ1) is 13.4. The van der Waals surface area contributed by atoms with Gasteiger partial charge in [0, 0.05) is 11.6 Å². The van der Waals surface area contributed by atoms with Crippen LogP contribution in [0.2, 0.25) is 5.02 Å². The zero-order valence-corrected chi connectivity index (χ0v) is 10.7. The normalized spacial score (nSPS) is 10.2. The van der Waals surface area contributed by atoms with Gasteiger partial charge in [0.15, 0.2) is 0 Å². The third kappa shape index (κ3) is 3.23. The minimum absolute atomic E-state index is 0.133. The fourth-order valence-corrected chi connectivity index (χ4v) is 1.74. The summed E-state index contributed by atoms with van der Waals surface area (Å²) in [4.78, 5) is 11.9. The fraction of sp³-hybridized carbons (Fsp3) is 0.0714. The smallest absolute Gasteiger partial charge is 0.253 e. The van der Waals surface area contributed by atoms with E-state index in [2.05, 4.69) is 5.32 Å². The zero-order chi connectivity index (χ0) is 13.8. The van der Waals surface area contributed by atoms with Gasteiger partial charge in [-0.05, 0) is 29.8 Å². The lowest BCUT2D eigenvalue weighted by Crippen LogP contribution is -2.24. The van der Waals surface area contributed by atoms with Crippen molar-refractivity contribution in [2.75, 3.05) is 5.73 Å². The number of carbonyl (C=O) groups excluding carboxylic acids is 1. The highest BCUT2D eigenvalue weighted by molar-refractivity contribution is 6.30. The molecule has 19 heavy (non-hydrogen) atoms. The first-order chi connectivity index (χ1) is 9.08. The molecule has 0 spiro atoms. The molecule has 0 aliphatic rings. The number of rotatable bonds is 3. The van der Waals surface area contributed by atoms with Crippen molar-refractivity contribution in [1.29, 1.82) is 0 Å². The van der Waals surface area contributed by atoms with E-state index in [-0.39, 0.29) is 11.3 Å². The summed E-state index contributed by atoms with van der Waals surface area (Å²) in [7, 11) is 0. The Bertz CT molecular complexity index is 599. The first-order valence-corrected chi connectivity index (χ1v) is 6.02. The molecular weight excluding hydrogens is 267 g/mol. The van der Waals surface area contributed by atoms with Crippen LogP contribution in [0, 0.1) is 5.82 Å². The van der Waals surface area contributed by atoms with E-state index < -0.39 is 11.7 Å². The third-order valence-electron chi connectivity index (χ3n) is 2.66. The average molecular weight is 279 g/mol. The Balaban J connectivity index is 2.05. The molecule has 0 saturated carbocycles. The van der Waals surface area contributed by atoms with Gasteiger partial charge in [-0.1, -0.05) is 29.8 Å². The molecule has 0 bridgehead atoms. The van der Waals surface area contributed by atoms with E-state index in [0.717, 1.165) is 5.56 Å². The number of para-hydroxylation sites is 1. The van der Waals surface area contributed by atoms with Crippen molar-refractivity contribution in [3.8, 4) is 0 Å². The Kier molecular flexibility index (Phi) is 4.02. The van der Waals surface area contributed by atoms with Gasteiger partial charge in [0.25, 0.3) is 5.91 Å². The van der Waals surface area contributed by atoms with Crippen LogP contribution in [0.4, 0.5) is 10.1 Å². The van der Waals surface area contributed by atoms with Gasteiger partial charge in [0.1, 0.15) is 5.82 Å². The molecule has 0 fully saturated rings. The number of anilines is 1. The van der Waals surface area contributed by atoms with Crippen molar-refractivity contribution >= 4 is 23.2 Å². The molecule has 1 amide bonds. The maximum Gasteiger partial charge on any atom is 0.253 e. The quantitative estimate of drug-likeness (QED) is 0.848. The summed E-state index contributed by atoms with van der Waals surface area (Å²) in [6.07, 6.45) is 0. The van der Waals surface area contributed by atoms with Crippen LogP contribution in [0.5, 0.6) is 0 Å². The maximum atomic E-state index is 13.2. The molecule has 0 unspecified atom stereocenters. The number of hydrogen-bond donors (Lipinski definition) is 2. The SMILES string of the molecule is Nc1c(F)cccc1C(=O)NCc1ccc(Cl)cc1. The summed E-state index contributed by atoms with van der Waals surface area (Å²) in [5, 5.41) is 3.30. The Morgan fingerprint density at radius 3 is 2.58 bits per heavy atom. The highest BCUT2D eigenvalue weighted by atomic mass is 35.5. The number of nitrogens with two attached hydrogens (primary N) is 1. The number of benzene rings is 2. The highest BCUT2D eigenvalue weighted by Crippen LogP contribution is 2.16. The minimum Gasteiger partial charge on any atom is -0.396 e. The van der Waals surface area contributed by atoms with E-state index in [0.29, 0.717) is 11.6 Å². The fourth-order valence-electron chi connectivity index (χ4n) is 1.61. The molecule has 0 aromatic heterocycles. The van der Waals surface area contributed by atoms with Gasteiger partial charge >= 0.3 is 0 Å². The maximum absolute atomic E-state index is 13.2. The topological polar surface area (TPSA) is 55.1 Å². The molecule has 5 heteroatoms. The minimum atomic E-state index is -0.598. The summed E-state index contributed by atoms with van der Waals surface area (Å²) in [6, 6.07) is 11.2. The van der Waals surface area contributed by atoms with Crippen molar-refractivity contribution in [3.63, 3.8) is 0 Å². The number of hydrogen-bond acceptors (Lipinski definition) is 2. The molecule has 0 aliphatic carbocycles. The largest absolute Gasteiger partial charge is 0.396 e. The standard InChI is InChI=1S/C14H12ClFN2O/c15-10-6-4-9(5-7-10)8-18-14(19)11-2-1-3-12(16)13(11)17/h1-7H,8,17H2,(H,18,19). The van der Waals surface area contributed by atoms with Gasteiger partial charge in [-0.2, -0.15) is 0 Å². The summed E-state index contributed by atoms with van der Waals surface area (Å²) < 4.78 is 13.2. The molecule has 0 heterocycles. The molecule has 2 rings (SSSR count). The Hall–Kier alpha value is -2.07. The van der Waals surface area contributed by atoms with Crippen molar-refractivity contribution in [3.05, 3.63) is 64.4 Å². The molecule has 0 aliphatic heterocycles. The van der Waals surface area contributed by atoms with Crippen molar-refractivity contribution in [2.45, 2.75) is 6.54 Å². The van der Waals surface area contributed by atoms with E-state index in [1.165, 1.54) is 18.2 Å². The van der Waals surface area contributed by atoms with E-state index in [9.17, 15) is 9.18 Å². The lowest BCUT2D eigenvalue weighted by Gasteiger charge is -2.08. The summed E-state index contributed by atoms with van der Waals surface area (Å²) in [6.45, 7) is 0.325. The van der Waals surface area contributed by atoms with Crippen LogP contribution in [-0.2, 0) is 6.54 Å². The highest BCUT2D eigenvalue weighted by Gasteiger charge is 2.11. The molecule has 0 saturated heterocycles. The Morgan fingerprint density at radius 2 is 1.89 bits per heavy atom. The number of halogens is 2. The predicted octanol–water partition coefficient (Wildman–Crippen LogP) is 2.99. The summed E-state index contributed by atoms with van der Waals surface area (Å²) >= 11 is 5.76. The van der Waals surface area contributed by atoms with Crippen LogP contribution in [0.3, 0.4) is 0 Å². The number of amides is 1. The van der Waals surface area contributed by atoms with Crippen molar-refractivity contribution in [1.82, 2.24) is 5.32 Å². The van der Waals surface area contributed by atoms with Crippen molar-refractivity contribution in [2.24, 2.45) is 0 Å². The molecule has 3 N–H and O–H groups in total. The van der Waals surface area contributed by atoms with Crippen LogP contribution >= 0.6 is 11.6 Å². The van der Waals surface area contributed by atoms with Gasteiger partial charge in [-0.15, -0.1) is 0 Å². The summed E-state index contributed by atoms with van der Waals surface area (Å²) in [5.74, 6) is -1.01. The Labute approximate surface area is 115 Å². The third-order valence-corrected chi connectivity index (χ3v) is 2.92. The molecule has 98 valence electrons. The van der Waals surface area contributed by atoms with Gasteiger partial charge in [0.05, 0.1) is 11.3 Å². The second-order valence-corrected chi connectivity index (χ2v) is 4.45. The monoisotopic (exact) mass is 278 g/mol. The number of nitrogen functional groups attached to an aromatic ring is 1. The number of carbonyl (C=O) groups is 1. The van der Waals surface area contributed by atoms with Crippen LogP contribution in [-0.4, -0.2) is 5.91 Å². The lowest BCUT2D eigenvalue weighted by molar-refractivity contribution is 0.0951. The summed E-state index contributed by atoms with van der Waals surface area (Å²) in [5.41, 5.74) is 6.41. The average Bonchev–Trinajstić information content (AvgIpc) is 2.41. The molecule has 2 aromatic rings. The number of nitrogens with one attached hydrogen (secondary N) is 1. The molecular formula is C14H12ClFN2O. The second kappa shape index (κ2) is 5.71. The van der Waals surface area contributed by atoms with Crippen LogP contribution in [0.1, 0.15) is 15.9 Å². The molecule has 0 atom stereocenters. The van der Waals surface area contributed by atoms with Crippen molar-refractivity contribution < 1.29 is 9.18 Å². The molecule has 3 nitrogen and oxygen atoms in total. The molecule has 2 aromatic carbocycles. The zero-order valence-electron chi connectivity index (χ0n) is 9.99. The van der Waals surface area contributed by atoms with Crippen LogP contribution < -0.4 is 11.1 Å². The predicted molar refractivity (Wildman–Crippen MR) is 73.4 cm³/mol. The van der Waals surface area contributed by atoms with Gasteiger partial charge in [0.2, 0.25) is 0 Å². The van der Waals surface area contributed by atoms with Crippen LogP contribution in [0.25, 0.3) is 0 Å². The van der Waals surface area contributed by atoms with Crippen LogP contribution in [0.15, 0.2) is 42.5 Å².